The molecule has 0 N–H and O–H groups in total. The van der Waals surface area contributed by atoms with E-state index in [-0.39, 0.29) is 0 Å². The lowest BCUT2D eigenvalue weighted by Gasteiger charge is -2.29. The van der Waals surface area contributed by atoms with E-state index in [9.17, 15) is 0 Å². The number of benzene rings is 8. The van der Waals surface area contributed by atoms with Crippen molar-refractivity contribution in [2.24, 2.45) is 0 Å². The topological polar surface area (TPSA) is 3.24 Å². The molecule has 3 heteroatoms. The first-order valence-electron chi connectivity index (χ1n) is 18.4. The highest BCUT2D eigenvalue weighted by atomic mass is 32.2. The van der Waals surface area contributed by atoms with Crippen molar-refractivity contribution in [1.82, 2.24) is 0 Å². The van der Waals surface area contributed by atoms with E-state index in [0.717, 1.165) is 17.1 Å². The van der Waals surface area contributed by atoms with Gasteiger partial charge in [0.1, 0.15) is 0 Å². The predicted molar refractivity (Wildman–Crippen MR) is 234 cm³/mol. The summed E-state index contributed by atoms with van der Waals surface area (Å²) < 4.78 is 2.56. The number of thioether (sulfide) groups is 1. The lowest BCUT2D eigenvalue weighted by Crippen LogP contribution is -2.11. The average molecular weight is 726 g/mol. The molecule has 1 aliphatic rings. The summed E-state index contributed by atoms with van der Waals surface area (Å²) in [6.07, 6.45) is 2.33. The van der Waals surface area contributed by atoms with E-state index in [4.69, 9.17) is 0 Å². The molecule has 0 unspecified atom stereocenters. The molecule has 0 saturated carbocycles. The number of fused-ring (bicyclic) bond motifs is 6. The Bertz CT molecular complexity index is 2760. The summed E-state index contributed by atoms with van der Waals surface area (Å²) in [4.78, 5) is 3.81. The quantitative estimate of drug-likeness (QED) is 0.151. The zero-order valence-electron chi connectivity index (χ0n) is 29.5. The number of nitrogens with zero attached hydrogens (tertiary/aromatic N) is 1. The molecule has 9 aromatic rings. The highest BCUT2D eigenvalue weighted by Crippen LogP contribution is 2.48. The summed E-state index contributed by atoms with van der Waals surface area (Å²) >= 11 is 3.80. The SMILES string of the molecule is C(=C(c1ccccc1)c1ccccc1)c1ccc2c(c1)sc1cccc(N(c3ccc(-c4ccccc4)cc3)c3ccc4c(c3)-c3ccccc3SC4)c12. The highest BCUT2D eigenvalue weighted by molar-refractivity contribution is 7.98. The van der Waals surface area contributed by atoms with Gasteiger partial charge in [-0.15, -0.1) is 23.1 Å². The minimum Gasteiger partial charge on any atom is -0.310 e. The van der Waals surface area contributed by atoms with Gasteiger partial charge in [-0.1, -0.05) is 146 Å². The Labute approximate surface area is 324 Å². The van der Waals surface area contributed by atoms with Crippen LogP contribution in [-0.2, 0) is 5.75 Å². The zero-order chi connectivity index (χ0) is 35.8. The molecule has 0 spiro atoms. The van der Waals surface area contributed by atoms with E-state index >= 15 is 0 Å². The number of hydrogen-bond donors (Lipinski definition) is 0. The molecule has 0 saturated heterocycles. The fraction of sp³-hybridized carbons (Fsp3) is 0.0196. The van der Waals surface area contributed by atoms with Gasteiger partial charge in [-0.25, -0.2) is 0 Å². The molecule has 1 aliphatic heterocycles. The second-order valence-electron chi connectivity index (χ2n) is 13.7. The van der Waals surface area contributed by atoms with Crippen LogP contribution in [0.1, 0.15) is 22.3 Å². The van der Waals surface area contributed by atoms with Crippen molar-refractivity contribution in [2.45, 2.75) is 10.6 Å². The van der Waals surface area contributed by atoms with E-state index in [0.29, 0.717) is 0 Å². The third-order valence-electron chi connectivity index (χ3n) is 10.4. The number of thiophene rings is 1. The lowest BCUT2D eigenvalue weighted by atomic mass is 9.95. The van der Waals surface area contributed by atoms with Crippen molar-refractivity contribution in [3.63, 3.8) is 0 Å². The summed E-state index contributed by atoms with van der Waals surface area (Å²) in [5, 5.41) is 2.55. The maximum atomic E-state index is 2.46. The van der Waals surface area contributed by atoms with E-state index in [1.165, 1.54) is 80.8 Å². The van der Waals surface area contributed by atoms with E-state index in [1.807, 2.05) is 23.1 Å². The normalized spacial score (nSPS) is 11.9. The average Bonchev–Trinajstić information content (AvgIpc) is 3.63. The Balaban J connectivity index is 1.14. The van der Waals surface area contributed by atoms with Crippen LogP contribution >= 0.6 is 23.1 Å². The standard InChI is InChI=1S/C51H35NS2/c1-4-13-36(14-5-1)37-24-27-41(28-25-37)52(42-29-26-40-34-53-48-21-11-10-19-43(48)46(40)33-42)47-20-12-22-49-51(47)44-30-23-35(32-50(44)54-49)31-45(38-15-6-2-7-16-38)39-17-8-3-9-18-39/h1-33H,34H2. The minimum absolute atomic E-state index is 0.982. The Morgan fingerprint density at radius 3 is 1.93 bits per heavy atom. The van der Waals surface area contributed by atoms with Crippen molar-refractivity contribution < 1.29 is 0 Å². The molecular weight excluding hydrogens is 691 g/mol. The zero-order valence-corrected chi connectivity index (χ0v) is 31.2. The van der Waals surface area contributed by atoms with Crippen LogP contribution in [0.5, 0.6) is 0 Å². The van der Waals surface area contributed by atoms with Crippen LogP contribution in [0.2, 0.25) is 0 Å². The molecule has 54 heavy (non-hydrogen) atoms. The molecule has 0 amide bonds. The Morgan fingerprint density at radius 2 is 1.17 bits per heavy atom. The van der Waals surface area contributed by atoms with Gasteiger partial charge < -0.3 is 4.90 Å². The maximum absolute atomic E-state index is 2.46. The van der Waals surface area contributed by atoms with Crippen molar-refractivity contribution in [3.8, 4) is 22.3 Å². The van der Waals surface area contributed by atoms with Crippen LogP contribution in [0.15, 0.2) is 199 Å². The molecule has 1 nitrogen and oxygen atoms in total. The lowest BCUT2D eigenvalue weighted by molar-refractivity contribution is 1.27. The van der Waals surface area contributed by atoms with Gasteiger partial charge >= 0.3 is 0 Å². The molecule has 0 atom stereocenters. The third kappa shape index (κ3) is 6.02. The molecule has 1 aromatic heterocycles. The Morgan fingerprint density at radius 1 is 0.500 bits per heavy atom. The molecule has 0 radical (unpaired) electrons. The van der Waals surface area contributed by atoms with Gasteiger partial charge in [0.05, 0.1) is 5.69 Å². The fourth-order valence-electron chi connectivity index (χ4n) is 7.75. The molecule has 10 rings (SSSR count). The van der Waals surface area contributed by atoms with E-state index in [2.05, 4.69) is 205 Å². The van der Waals surface area contributed by atoms with Crippen LogP contribution < -0.4 is 4.90 Å². The van der Waals surface area contributed by atoms with Crippen LogP contribution in [0, 0.1) is 0 Å². The second-order valence-corrected chi connectivity index (χ2v) is 15.8. The van der Waals surface area contributed by atoms with Crippen molar-refractivity contribution in [3.05, 3.63) is 216 Å². The van der Waals surface area contributed by atoms with Crippen LogP contribution in [-0.4, -0.2) is 0 Å². The fourth-order valence-corrected chi connectivity index (χ4v) is 9.99. The molecular formula is C51H35NS2. The third-order valence-corrected chi connectivity index (χ3v) is 12.6. The molecule has 0 aliphatic carbocycles. The monoisotopic (exact) mass is 725 g/mol. The Kier molecular flexibility index (Phi) is 8.44. The van der Waals surface area contributed by atoms with E-state index < -0.39 is 0 Å². The largest absolute Gasteiger partial charge is 0.310 e. The molecule has 0 fully saturated rings. The van der Waals surface area contributed by atoms with Gasteiger partial charge in [-0.3, -0.25) is 0 Å². The summed E-state index contributed by atoms with van der Waals surface area (Å²) in [6, 6.07) is 70.7. The van der Waals surface area contributed by atoms with Crippen molar-refractivity contribution in [2.75, 3.05) is 4.90 Å². The van der Waals surface area contributed by atoms with Gasteiger partial charge in [0.15, 0.2) is 0 Å². The minimum atomic E-state index is 0.982. The van der Waals surface area contributed by atoms with Gasteiger partial charge in [-0.05, 0) is 105 Å². The smallest absolute Gasteiger partial charge is 0.0554 e. The Hall–Kier alpha value is -6.13. The first-order chi connectivity index (χ1) is 26.8. The van der Waals surface area contributed by atoms with Crippen LogP contribution in [0.3, 0.4) is 0 Å². The maximum Gasteiger partial charge on any atom is 0.0554 e. The summed E-state index contributed by atoms with van der Waals surface area (Å²) in [5.74, 6) is 0.982. The van der Waals surface area contributed by atoms with Gasteiger partial charge in [0, 0.05) is 42.2 Å². The molecule has 2 heterocycles. The van der Waals surface area contributed by atoms with Crippen molar-refractivity contribution in [1.29, 1.82) is 0 Å². The first kappa shape index (κ1) is 32.5. The second kappa shape index (κ2) is 14.0. The van der Waals surface area contributed by atoms with Crippen LogP contribution in [0.25, 0.3) is 54.1 Å². The highest BCUT2D eigenvalue weighted by Gasteiger charge is 2.22. The number of anilines is 3. The van der Waals surface area contributed by atoms with Crippen LogP contribution in [0.4, 0.5) is 17.1 Å². The molecule has 0 bridgehead atoms. The summed E-state index contributed by atoms with van der Waals surface area (Å²) in [6.45, 7) is 0. The van der Waals surface area contributed by atoms with Gasteiger partial charge in [0.25, 0.3) is 0 Å². The number of rotatable bonds is 7. The predicted octanol–water partition coefficient (Wildman–Crippen LogP) is 15.1. The number of hydrogen-bond acceptors (Lipinski definition) is 3. The molecule has 256 valence electrons. The molecule has 8 aromatic carbocycles. The summed E-state index contributed by atoms with van der Waals surface area (Å²) in [7, 11) is 0. The first-order valence-corrected chi connectivity index (χ1v) is 20.2. The van der Waals surface area contributed by atoms with Gasteiger partial charge in [-0.2, -0.15) is 0 Å². The van der Waals surface area contributed by atoms with Gasteiger partial charge in [0.2, 0.25) is 0 Å². The van der Waals surface area contributed by atoms with Crippen molar-refractivity contribution >= 4 is 72.0 Å². The van der Waals surface area contributed by atoms with E-state index in [1.54, 1.807) is 0 Å². The summed E-state index contributed by atoms with van der Waals surface area (Å²) in [5.41, 5.74) is 14.7.